The highest BCUT2D eigenvalue weighted by Gasteiger charge is 2.42. The van der Waals surface area contributed by atoms with E-state index in [0.717, 1.165) is 37.9 Å². The molecule has 2 aliphatic heterocycles. The lowest BCUT2D eigenvalue weighted by Crippen LogP contribution is -2.38. The second kappa shape index (κ2) is 8.03. The molecule has 0 saturated carbocycles. The van der Waals surface area contributed by atoms with Crippen LogP contribution in [-0.4, -0.2) is 29.8 Å². The number of piperidine rings is 1. The predicted molar refractivity (Wildman–Crippen MR) is 117 cm³/mol. The Morgan fingerprint density at radius 3 is 2.14 bits per heavy atom. The van der Waals surface area contributed by atoms with Crippen LogP contribution in [0.4, 0.5) is 5.69 Å². The summed E-state index contributed by atoms with van der Waals surface area (Å²) in [7, 11) is 0. The fourth-order valence-corrected chi connectivity index (χ4v) is 4.16. The van der Waals surface area contributed by atoms with E-state index in [0.29, 0.717) is 27.9 Å². The number of hydrogen-bond donors (Lipinski definition) is 0. The Hall–Kier alpha value is -2.59. The Morgan fingerprint density at radius 2 is 1.55 bits per heavy atom. The van der Waals surface area contributed by atoms with Crippen LogP contribution in [0.1, 0.15) is 37.8 Å². The number of carbonyl (C=O) groups excluding carboxylic acids is 2. The fraction of sp³-hybridized carbons (Fsp3) is 0.333. The van der Waals surface area contributed by atoms with E-state index in [1.807, 2.05) is 36.4 Å². The molecule has 2 aromatic carbocycles. The number of imide groups is 1. The lowest BCUT2D eigenvalue weighted by atomic mass is 9.97. The van der Waals surface area contributed by atoms with E-state index < -0.39 is 0 Å². The Kier molecular flexibility index (Phi) is 5.46. The van der Waals surface area contributed by atoms with Gasteiger partial charge in [-0.05, 0) is 60.6 Å². The first-order valence-corrected chi connectivity index (χ1v) is 10.6. The number of amides is 2. The molecule has 2 heterocycles. The van der Waals surface area contributed by atoms with Gasteiger partial charge in [-0.2, -0.15) is 0 Å². The molecule has 0 bridgehead atoms. The third-order valence-electron chi connectivity index (χ3n) is 5.89. The summed E-state index contributed by atoms with van der Waals surface area (Å²) >= 11 is 6.05. The number of likely N-dealkylation sites (tertiary alicyclic amines) is 1. The maximum Gasteiger partial charge on any atom is 0.282 e. The van der Waals surface area contributed by atoms with Crippen LogP contribution in [0.2, 0.25) is 5.02 Å². The molecule has 0 spiro atoms. The number of anilines is 1. The van der Waals surface area contributed by atoms with Crippen LogP contribution in [0.25, 0.3) is 5.57 Å². The molecule has 0 radical (unpaired) electrons. The first kappa shape index (κ1) is 19.7. The van der Waals surface area contributed by atoms with Gasteiger partial charge in [0.15, 0.2) is 0 Å². The minimum absolute atomic E-state index is 0.237. The first-order valence-electron chi connectivity index (χ1n) is 10.2. The predicted octanol–water partition coefficient (Wildman–Crippen LogP) is 4.92. The van der Waals surface area contributed by atoms with Crippen LogP contribution in [0, 0.1) is 5.92 Å². The SMILES string of the molecule is CCc1ccc(N2C(=O)C(c3ccc(Cl)cc3)=C(N3CCC(C)CC3)C2=O)cc1. The number of hydrogen-bond acceptors (Lipinski definition) is 3. The minimum Gasteiger partial charge on any atom is -0.366 e. The van der Waals surface area contributed by atoms with Crippen molar-refractivity contribution in [3.63, 3.8) is 0 Å². The fourth-order valence-electron chi connectivity index (χ4n) is 4.04. The van der Waals surface area contributed by atoms with Gasteiger partial charge in [-0.25, -0.2) is 4.90 Å². The summed E-state index contributed by atoms with van der Waals surface area (Å²) in [4.78, 5) is 30.3. The van der Waals surface area contributed by atoms with Crippen molar-refractivity contribution in [1.82, 2.24) is 4.90 Å². The average molecular weight is 409 g/mol. The van der Waals surface area contributed by atoms with Crippen LogP contribution in [0.15, 0.2) is 54.2 Å². The van der Waals surface area contributed by atoms with Crippen molar-refractivity contribution in [1.29, 1.82) is 0 Å². The Bertz CT molecular complexity index is 955. The van der Waals surface area contributed by atoms with Gasteiger partial charge in [0.25, 0.3) is 11.8 Å². The zero-order valence-electron chi connectivity index (χ0n) is 16.8. The quantitative estimate of drug-likeness (QED) is 0.674. The van der Waals surface area contributed by atoms with E-state index in [2.05, 4.69) is 18.7 Å². The van der Waals surface area contributed by atoms with Crippen LogP contribution in [-0.2, 0) is 16.0 Å². The molecule has 0 unspecified atom stereocenters. The molecule has 5 heteroatoms. The van der Waals surface area contributed by atoms with Gasteiger partial charge in [0.05, 0.1) is 11.3 Å². The molecule has 0 aromatic heterocycles. The van der Waals surface area contributed by atoms with Crippen LogP contribution >= 0.6 is 11.6 Å². The molecule has 1 fully saturated rings. The summed E-state index contributed by atoms with van der Waals surface area (Å²) in [5, 5.41) is 0.603. The molecule has 4 nitrogen and oxygen atoms in total. The summed E-state index contributed by atoms with van der Waals surface area (Å²) in [5.41, 5.74) is 3.51. The summed E-state index contributed by atoms with van der Waals surface area (Å²) in [6.07, 6.45) is 2.95. The van der Waals surface area contributed by atoms with Crippen molar-refractivity contribution in [3.8, 4) is 0 Å². The van der Waals surface area contributed by atoms with Crippen LogP contribution in [0.3, 0.4) is 0 Å². The van der Waals surface area contributed by atoms with Crippen molar-refractivity contribution >= 4 is 34.7 Å². The van der Waals surface area contributed by atoms with Crippen LogP contribution < -0.4 is 4.90 Å². The standard InChI is InChI=1S/C24H25ClN2O2/c1-3-17-4-10-20(11-5-17)27-23(28)21(18-6-8-19(25)9-7-18)22(24(27)29)26-14-12-16(2)13-15-26/h4-11,16H,3,12-15H2,1-2H3. The van der Waals surface area contributed by atoms with Gasteiger partial charge in [0.2, 0.25) is 0 Å². The molecule has 4 rings (SSSR count). The molecule has 29 heavy (non-hydrogen) atoms. The molecule has 2 aliphatic rings. The second-order valence-corrected chi connectivity index (χ2v) is 8.30. The van der Waals surface area contributed by atoms with E-state index in [9.17, 15) is 9.59 Å². The normalized spacial score (nSPS) is 18.2. The largest absolute Gasteiger partial charge is 0.366 e. The lowest BCUT2D eigenvalue weighted by Gasteiger charge is -2.32. The van der Waals surface area contributed by atoms with Gasteiger partial charge in [-0.1, -0.05) is 49.7 Å². The number of rotatable bonds is 4. The number of carbonyl (C=O) groups is 2. The molecule has 0 N–H and O–H groups in total. The number of halogens is 1. The molecule has 1 saturated heterocycles. The van der Waals surface area contributed by atoms with Gasteiger partial charge in [-0.3, -0.25) is 9.59 Å². The highest BCUT2D eigenvalue weighted by Crippen LogP contribution is 2.36. The van der Waals surface area contributed by atoms with Gasteiger partial charge in [0, 0.05) is 18.1 Å². The number of benzene rings is 2. The summed E-state index contributed by atoms with van der Waals surface area (Å²) in [6, 6.07) is 14.8. The van der Waals surface area contributed by atoms with Crippen molar-refractivity contribution in [2.75, 3.05) is 18.0 Å². The third-order valence-corrected chi connectivity index (χ3v) is 6.15. The minimum atomic E-state index is -0.268. The Balaban J connectivity index is 1.77. The Morgan fingerprint density at radius 1 is 0.931 bits per heavy atom. The van der Waals surface area contributed by atoms with E-state index in [-0.39, 0.29) is 11.8 Å². The molecular formula is C24H25ClN2O2. The maximum absolute atomic E-state index is 13.5. The molecule has 0 atom stereocenters. The first-order chi connectivity index (χ1) is 14.0. The van der Waals surface area contributed by atoms with Gasteiger partial charge in [0.1, 0.15) is 5.70 Å². The van der Waals surface area contributed by atoms with E-state index >= 15 is 0 Å². The van der Waals surface area contributed by atoms with Crippen molar-refractivity contribution < 1.29 is 9.59 Å². The molecule has 2 aromatic rings. The van der Waals surface area contributed by atoms with Crippen molar-refractivity contribution in [3.05, 3.63) is 70.4 Å². The van der Waals surface area contributed by atoms with Gasteiger partial charge >= 0.3 is 0 Å². The van der Waals surface area contributed by atoms with Gasteiger partial charge < -0.3 is 4.90 Å². The van der Waals surface area contributed by atoms with E-state index in [1.54, 1.807) is 12.1 Å². The van der Waals surface area contributed by atoms with Crippen molar-refractivity contribution in [2.45, 2.75) is 33.1 Å². The third kappa shape index (κ3) is 3.69. The summed E-state index contributed by atoms with van der Waals surface area (Å²) < 4.78 is 0. The molecule has 2 amide bonds. The summed E-state index contributed by atoms with van der Waals surface area (Å²) in [6.45, 7) is 5.89. The second-order valence-electron chi connectivity index (χ2n) is 7.87. The van der Waals surface area contributed by atoms with E-state index in [4.69, 9.17) is 11.6 Å². The highest BCUT2D eigenvalue weighted by molar-refractivity contribution is 6.45. The maximum atomic E-state index is 13.5. The lowest BCUT2D eigenvalue weighted by molar-refractivity contribution is -0.120. The zero-order chi connectivity index (χ0) is 20.5. The smallest absolute Gasteiger partial charge is 0.282 e. The average Bonchev–Trinajstić information content (AvgIpc) is 2.99. The molecule has 150 valence electrons. The van der Waals surface area contributed by atoms with Gasteiger partial charge in [-0.15, -0.1) is 0 Å². The topological polar surface area (TPSA) is 40.6 Å². The Labute approximate surface area is 176 Å². The van der Waals surface area contributed by atoms with Crippen LogP contribution in [0.5, 0.6) is 0 Å². The van der Waals surface area contributed by atoms with Crippen molar-refractivity contribution in [2.24, 2.45) is 5.92 Å². The van der Waals surface area contributed by atoms with E-state index in [1.165, 1.54) is 10.5 Å². The highest BCUT2D eigenvalue weighted by atomic mass is 35.5. The number of nitrogens with zero attached hydrogens (tertiary/aromatic N) is 2. The molecule has 0 aliphatic carbocycles. The zero-order valence-corrected chi connectivity index (χ0v) is 17.6. The molecular weight excluding hydrogens is 384 g/mol. The summed E-state index contributed by atoms with van der Waals surface area (Å²) in [5.74, 6) is 0.129. The monoisotopic (exact) mass is 408 g/mol. The number of aryl methyl sites for hydroxylation is 1.